The van der Waals surface area contributed by atoms with Crippen molar-refractivity contribution in [1.82, 2.24) is 5.06 Å². The minimum Gasteiger partial charge on any atom is -0.273 e. The Balaban J connectivity index is 3.73. The first-order valence-corrected chi connectivity index (χ1v) is 8.30. The molecule has 3 nitrogen and oxygen atoms in total. The highest BCUT2D eigenvalue weighted by Gasteiger charge is 2.12. The Morgan fingerprint density at radius 3 is 2.40 bits per heavy atom. The molecule has 0 spiro atoms. The fraction of sp³-hybridized carbons (Fsp3) is 0.824. The number of nitrogens with zero attached hydrogens (tertiary/aromatic N) is 1. The summed E-state index contributed by atoms with van der Waals surface area (Å²) in [6.07, 6.45) is 12.5. The number of unbranched alkanes of at least 4 members (excludes halogenated alkanes) is 6. The normalized spacial score (nSPS) is 10.5. The van der Waals surface area contributed by atoms with E-state index in [0.29, 0.717) is 13.0 Å². The predicted octanol–water partition coefficient (Wildman–Crippen LogP) is 4.87. The van der Waals surface area contributed by atoms with Crippen LogP contribution in [-0.2, 0) is 9.63 Å². The molecule has 0 atom stereocenters. The fourth-order valence-corrected chi connectivity index (χ4v) is 1.98. The van der Waals surface area contributed by atoms with Gasteiger partial charge in [0.2, 0.25) is 5.91 Å². The summed E-state index contributed by atoms with van der Waals surface area (Å²) >= 11 is 0. The van der Waals surface area contributed by atoms with Gasteiger partial charge in [0, 0.05) is 13.0 Å². The van der Waals surface area contributed by atoms with Crippen LogP contribution in [0.1, 0.15) is 78.1 Å². The van der Waals surface area contributed by atoms with Crippen LogP contribution in [0.4, 0.5) is 0 Å². The standard InChI is InChI=1S/C17H33NO2/c1-4-7-9-10-11-12-13-14-17(19)18(15-8-5-2)20-16-6-3/h4H,1,5-16H2,2-3H3. The number of allylic oxidation sites excluding steroid dienone is 1. The Hall–Kier alpha value is -0.830. The highest BCUT2D eigenvalue weighted by Crippen LogP contribution is 2.09. The van der Waals surface area contributed by atoms with Crippen LogP contribution >= 0.6 is 0 Å². The van der Waals surface area contributed by atoms with E-state index in [-0.39, 0.29) is 5.91 Å². The molecule has 0 fully saturated rings. The number of hydrogen-bond donors (Lipinski definition) is 0. The molecule has 0 unspecified atom stereocenters. The lowest BCUT2D eigenvalue weighted by Gasteiger charge is -2.21. The maximum Gasteiger partial charge on any atom is 0.246 e. The van der Waals surface area contributed by atoms with Crippen LogP contribution in [0.5, 0.6) is 0 Å². The second-order valence-corrected chi connectivity index (χ2v) is 5.28. The highest BCUT2D eigenvalue weighted by molar-refractivity contribution is 5.74. The van der Waals surface area contributed by atoms with Gasteiger partial charge in [-0.25, -0.2) is 5.06 Å². The van der Waals surface area contributed by atoms with Crippen molar-refractivity contribution in [2.75, 3.05) is 13.2 Å². The summed E-state index contributed by atoms with van der Waals surface area (Å²) in [5.74, 6) is 0.151. The molecule has 0 aliphatic heterocycles. The minimum atomic E-state index is 0.151. The molecule has 0 aromatic rings. The van der Waals surface area contributed by atoms with Gasteiger partial charge in [-0.3, -0.25) is 9.63 Å². The van der Waals surface area contributed by atoms with Crippen molar-refractivity contribution < 1.29 is 9.63 Å². The molecule has 0 saturated carbocycles. The number of carbonyl (C=O) groups excluding carboxylic acids is 1. The molecule has 1 amide bonds. The van der Waals surface area contributed by atoms with Gasteiger partial charge in [0.1, 0.15) is 0 Å². The lowest BCUT2D eigenvalue weighted by molar-refractivity contribution is -0.187. The van der Waals surface area contributed by atoms with Crippen molar-refractivity contribution in [1.29, 1.82) is 0 Å². The fourth-order valence-electron chi connectivity index (χ4n) is 1.98. The van der Waals surface area contributed by atoms with E-state index >= 15 is 0 Å². The quantitative estimate of drug-likeness (QED) is 0.258. The van der Waals surface area contributed by atoms with Crippen LogP contribution in [0.2, 0.25) is 0 Å². The van der Waals surface area contributed by atoms with Crippen molar-refractivity contribution in [2.45, 2.75) is 78.1 Å². The molecule has 0 saturated heterocycles. The van der Waals surface area contributed by atoms with E-state index < -0.39 is 0 Å². The second kappa shape index (κ2) is 14.6. The zero-order valence-corrected chi connectivity index (χ0v) is 13.5. The van der Waals surface area contributed by atoms with Crippen molar-refractivity contribution in [3.8, 4) is 0 Å². The van der Waals surface area contributed by atoms with Crippen molar-refractivity contribution >= 4 is 5.91 Å². The third-order valence-corrected chi connectivity index (χ3v) is 3.24. The van der Waals surface area contributed by atoms with Gasteiger partial charge in [0.25, 0.3) is 0 Å². The van der Waals surface area contributed by atoms with E-state index in [1.807, 2.05) is 6.08 Å². The van der Waals surface area contributed by atoms with Crippen LogP contribution in [0.3, 0.4) is 0 Å². The lowest BCUT2D eigenvalue weighted by Crippen LogP contribution is -2.32. The topological polar surface area (TPSA) is 29.5 Å². The van der Waals surface area contributed by atoms with Crippen molar-refractivity contribution in [3.05, 3.63) is 12.7 Å². The van der Waals surface area contributed by atoms with Crippen LogP contribution in [0, 0.1) is 0 Å². The van der Waals surface area contributed by atoms with Crippen LogP contribution < -0.4 is 0 Å². The molecule has 3 heteroatoms. The zero-order chi connectivity index (χ0) is 15.1. The maximum atomic E-state index is 12.1. The number of carbonyl (C=O) groups is 1. The number of hydroxylamine groups is 2. The summed E-state index contributed by atoms with van der Waals surface area (Å²) in [5, 5.41) is 1.59. The van der Waals surface area contributed by atoms with Gasteiger partial charge < -0.3 is 0 Å². The molecule has 0 N–H and O–H groups in total. The van der Waals surface area contributed by atoms with Gasteiger partial charge in [-0.1, -0.05) is 45.6 Å². The largest absolute Gasteiger partial charge is 0.273 e. The van der Waals surface area contributed by atoms with Gasteiger partial charge in [-0.15, -0.1) is 6.58 Å². The van der Waals surface area contributed by atoms with Crippen LogP contribution in [-0.4, -0.2) is 24.1 Å². The second-order valence-electron chi connectivity index (χ2n) is 5.28. The smallest absolute Gasteiger partial charge is 0.246 e. The van der Waals surface area contributed by atoms with Crippen LogP contribution in [0.15, 0.2) is 12.7 Å². The van der Waals surface area contributed by atoms with E-state index in [1.165, 1.54) is 19.3 Å². The van der Waals surface area contributed by atoms with E-state index in [1.54, 1.807) is 5.06 Å². The van der Waals surface area contributed by atoms with Crippen molar-refractivity contribution in [2.24, 2.45) is 0 Å². The summed E-state index contributed by atoms with van der Waals surface area (Å²) < 4.78 is 0. The molecule has 20 heavy (non-hydrogen) atoms. The molecular weight excluding hydrogens is 250 g/mol. The monoisotopic (exact) mass is 283 g/mol. The van der Waals surface area contributed by atoms with E-state index in [9.17, 15) is 4.79 Å². The molecule has 0 heterocycles. The first-order valence-electron chi connectivity index (χ1n) is 8.30. The molecule has 0 radical (unpaired) electrons. The molecule has 0 aliphatic carbocycles. The van der Waals surface area contributed by atoms with Gasteiger partial charge in [-0.05, 0) is 32.1 Å². The molecule has 118 valence electrons. The summed E-state index contributed by atoms with van der Waals surface area (Å²) in [6, 6.07) is 0. The maximum absolute atomic E-state index is 12.1. The highest BCUT2D eigenvalue weighted by atomic mass is 16.7. The minimum absolute atomic E-state index is 0.151. The Bertz CT molecular complexity index is 233. The molecule has 0 aromatic heterocycles. The Kier molecular flexibility index (Phi) is 14.0. The van der Waals surface area contributed by atoms with Gasteiger partial charge in [0.05, 0.1) is 6.61 Å². The third kappa shape index (κ3) is 11.0. The average Bonchev–Trinajstić information content (AvgIpc) is 2.46. The molecule has 0 bridgehead atoms. The van der Waals surface area contributed by atoms with E-state index in [0.717, 1.165) is 45.1 Å². The SMILES string of the molecule is C=CCCCCCCCC(=O)N(CCCC)OCCC. The Morgan fingerprint density at radius 2 is 1.75 bits per heavy atom. The summed E-state index contributed by atoms with van der Waals surface area (Å²) in [4.78, 5) is 17.6. The van der Waals surface area contributed by atoms with Crippen LogP contribution in [0.25, 0.3) is 0 Å². The molecule has 0 rings (SSSR count). The summed E-state index contributed by atoms with van der Waals surface area (Å²) in [7, 11) is 0. The molecule has 0 aromatic carbocycles. The molecular formula is C17H33NO2. The summed E-state index contributed by atoms with van der Waals surface area (Å²) in [6.45, 7) is 9.28. The van der Waals surface area contributed by atoms with Gasteiger partial charge in [-0.2, -0.15) is 0 Å². The van der Waals surface area contributed by atoms with E-state index in [4.69, 9.17) is 4.84 Å². The number of amides is 1. The average molecular weight is 283 g/mol. The number of hydrogen-bond acceptors (Lipinski definition) is 2. The first-order chi connectivity index (χ1) is 9.76. The lowest BCUT2D eigenvalue weighted by atomic mass is 10.1. The Morgan fingerprint density at radius 1 is 1.05 bits per heavy atom. The van der Waals surface area contributed by atoms with Gasteiger partial charge >= 0.3 is 0 Å². The zero-order valence-electron chi connectivity index (χ0n) is 13.5. The Labute approximate surface area is 125 Å². The number of rotatable bonds is 14. The predicted molar refractivity (Wildman–Crippen MR) is 85.4 cm³/mol. The van der Waals surface area contributed by atoms with Crippen molar-refractivity contribution in [3.63, 3.8) is 0 Å². The molecule has 0 aliphatic rings. The van der Waals surface area contributed by atoms with E-state index in [2.05, 4.69) is 20.4 Å². The third-order valence-electron chi connectivity index (χ3n) is 3.24. The first kappa shape index (κ1) is 19.2. The van der Waals surface area contributed by atoms with Gasteiger partial charge in [0.15, 0.2) is 0 Å². The summed E-state index contributed by atoms with van der Waals surface area (Å²) in [5.41, 5.74) is 0.